The molecule has 144 valence electrons. The first-order valence-electron chi connectivity index (χ1n) is 8.36. The van der Waals surface area contributed by atoms with Crippen molar-refractivity contribution in [3.63, 3.8) is 0 Å². The van der Waals surface area contributed by atoms with Crippen LogP contribution in [0, 0.1) is 12.7 Å². The van der Waals surface area contributed by atoms with Gasteiger partial charge in [-0.3, -0.25) is 9.69 Å². The number of thiazole rings is 1. The van der Waals surface area contributed by atoms with Gasteiger partial charge in [0, 0.05) is 24.2 Å². The molecule has 1 aromatic carbocycles. The number of aromatic nitrogens is 5. The molecule has 3 heterocycles. The summed E-state index contributed by atoms with van der Waals surface area (Å²) < 4.78 is 15.4. The van der Waals surface area contributed by atoms with Crippen molar-refractivity contribution < 1.29 is 14.0 Å². The molecule has 0 radical (unpaired) electrons. The third-order valence-corrected chi connectivity index (χ3v) is 4.96. The van der Waals surface area contributed by atoms with Crippen LogP contribution in [0.15, 0.2) is 23.6 Å². The maximum absolute atomic E-state index is 14.1. The average Bonchev–Trinajstić information content (AvgIpc) is 3.38. The summed E-state index contributed by atoms with van der Waals surface area (Å²) in [5.41, 5.74) is 1.10. The molecular formula is C16H15FN8O2S. The van der Waals surface area contributed by atoms with Gasteiger partial charge in [0.05, 0.1) is 12.1 Å². The van der Waals surface area contributed by atoms with Crippen molar-refractivity contribution in [1.29, 1.82) is 0 Å². The van der Waals surface area contributed by atoms with E-state index in [-0.39, 0.29) is 24.0 Å². The molecule has 0 bridgehead atoms. The smallest absolute Gasteiger partial charge is 0.323 e. The summed E-state index contributed by atoms with van der Waals surface area (Å²) in [6.07, 6.45) is 0.0303. The SMILES string of the molecule is Cc1nnnn1-c1cc(NC(=O)Cc2csc(N3CCNC3=O)n2)ccc1F. The Morgan fingerprint density at radius 3 is 3.00 bits per heavy atom. The lowest BCUT2D eigenvalue weighted by molar-refractivity contribution is -0.115. The molecule has 1 fully saturated rings. The number of carbonyl (C=O) groups excluding carboxylic acids is 2. The van der Waals surface area contributed by atoms with Crippen molar-refractivity contribution in [2.45, 2.75) is 13.3 Å². The molecule has 2 N–H and O–H groups in total. The van der Waals surface area contributed by atoms with E-state index in [2.05, 4.69) is 31.1 Å². The Morgan fingerprint density at radius 2 is 2.29 bits per heavy atom. The Balaban J connectivity index is 1.45. The molecule has 4 rings (SSSR count). The molecule has 0 unspecified atom stereocenters. The molecule has 0 aliphatic carbocycles. The highest BCUT2D eigenvalue weighted by atomic mass is 32.1. The van der Waals surface area contributed by atoms with E-state index < -0.39 is 5.82 Å². The van der Waals surface area contributed by atoms with Gasteiger partial charge in [0.1, 0.15) is 11.5 Å². The monoisotopic (exact) mass is 402 g/mol. The molecule has 0 atom stereocenters. The van der Waals surface area contributed by atoms with Crippen LogP contribution < -0.4 is 15.5 Å². The van der Waals surface area contributed by atoms with Crippen molar-refractivity contribution in [1.82, 2.24) is 30.5 Å². The number of nitrogens with zero attached hydrogens (tertiary/aromatic N) is 6. The topological polar surface area (TPSA) is 118 Å². The second-order valence-electron chi connectivity index (χ2n) is 6.03. The zero-order chi connectivity index (χ0) is 19.7. The van der Waals surface area contributed by atoms with Crippen LogP contribution in [0.4, 0.5) is 20.0 Å². The van der Waals surface area contributed by atoms with E-state index in [1.54, 1.807) is 12.3 Å². The summed E-state index contributed by atoms with van der Waals surface area (Å²) >= 11 is 1.30. The van der Waals surface area contributed by atoms with Crippen molar-refractivity contribution >= 4 is 34.1 Å². The fraction of sp³-hybridized carbons (Fsp3) is 0.250. The predicted octanol–water partition coefficient (Wildman–Crippen LogP) is 1.28. The number of anilines is 2. The molecular weight excluding hydrogens is 387 g/mol. The highest BCUT2D eigenvalue weighted by Gasteiger charge is 2.24. The first-order chi connectivity index (χ1) is 13.5. The van der Waals surface area contributed by atoms with Gasteiger partial charge in [0.2, 0.25) is 5.91 Å². The minimum absolute atomic E-state index is 0.0303. The van der Waals surface area contributed by atoms with Crippen LogP contribution >= 0.6 is 11.3 Å². The standard InChI is InChI=1S/C16H15FN8O2S/c1-9-21-22-23-25(9)13-6-10(2-3-12(13)17)19-14(26)7-11-8-28-16(20-11)24-5-4-18-15(24)27/h2-3,6,8H,4-5,7H2,1H3,(H,18,27)(H,19,26). The van der Waals surface area contributed by atoms with Crippen LogP contribution in [0.1, 0.15) is 11.5 Å². The van der Waals surface area contributed by atoms with Crippen LogP contribution in [-0.2, 0) is 11.2 Å². The van der Waals surface area contributed by atoms with Crippen LogP contribution in [0.5, 0.6) is 0 Å². The predicted molar refractivity (Wildman–Crippen MR) is 99.0 cm³/mol. The second-order valence-corrected chi connectivity index (χ2v) is 6.87. The Labute approximate surface area is 162 Å². The lowest BCUT2D eigenvalue weighted by Gasteiger charge is -2.09. The van der Waals surface area contributed by atoms with Crippen molar-refractivity contribution in [3.05, 3.63) is 40.9 Å². The number of hydrogen-bond acceptors (Lipinski definition) is 7. The Hall–Kier alpha value is -3.41. The van der Waals surface area contributed by atoms with Gasteiger partial charge in [-0.05, 0) is 35.5 Å². The quantitative estimate of drug-likeness (QED) is 0.664. The number of tetrazole rings is 1. The molecule has 0 saturated carbocycles. The third-order valence-electron chi connectivity index (χ3n) is 4.05. The van der Waals surface area contributed by atoms with Gasteiger partial charge in [-0.25, -0.2) is 14.2 Å². The first-order valence-corrected chi connectivity index (χ1v) is 9.24. The number of halogens is 1. The number of amides is 3. The molecule has 10 nitrogen and oxygen atoms in total. The fourth-order valence-corrected chi connectivity index (χ4v) is 3.58. The van der Waals surface area contributed by atoms with Gasteiger partial charge in [-0.1, -0.05) is 0 Å². The third kappa shape index (κ3) is 3.53. The lowest BCUT2D eigenvalue weighted by Crippen LogP contribution is -2.27. The van der Waals surface area contributed by atoms with E-state index >= 15 is 0 Å². The summed E-state index contributed by atoms with van der Waals surface area (Å²) in [7, 11) is 0. The summed E-state index contributed by atoms with van der Waals surface area (Å²) in [6, 6.07) is 3.95. The van der Waals surface area contributed by atoms with Gasteiger partial charge in [0.25, 0.3) is 0 Å². The van der Waals surface area contributed by atoms with Gasteiger partial charge in [-0.15, -0.1) is 16.4 Å². The summed E-state index contributed by atoms with van der Waals surface area (Å²) in [5.74, 6) is -0.404. The van der Waals surface area contributed by atoms with Crippen molar-refractivity contribution in [3.8, 4) is 5.69 Å². The maximum atomic E-state index is 14.1. The molecule has 0 spiro atoms. The number of nitrogens with one attached hydrogen (secondary N) is 2. The van der Waals surface area contributed by atoms with Crippen molar-refractivity contribution in [2.24, 2.45) is 0 Å². The zero-order valence-electron chi connectivity index (χ0n) is 14.7. The van der Waals surface area contributed by atoms with Crippen LogP contribution in [0.3, 0.4) is 0 Å². The molecule has 1 aliphatic heterocycles. The minimum atomic E-state index is -0.513. The van der Waals surface area contributed by atoms with E-state index in [0.717, 1.165) is 0 Å². The Morgan fingerprint density at radius 1 is 1.43 bits per heavy atom. The van der Waals surface area contributed by atoms with Gasteiger partial charge < -0.3 is 10.6 Å². The molecule has 12 heteroatoms. The summed E-state index contributed by atoms with van der Waals surface area (Å²) in [6.45, 7) is 2.76. The second kappa shape index (κ2) is 7.31. The molecule has 28 heavy (non-hydrogen) atoms. The number of aryl methyl sites for hydroxylation is 1. The van der Waals surface area contributed by atoms with Crippen LogP contribution in [0.2, 0.25) is 0 Å². The first kappa shape index (κ1) is 18.0. The number of benzene rings is 1. The van der Waals surface area contributed by atoms with Crippen LogP contribution in [0.25, 0.3) is 5.69 Å². The molecule has 3 aromatic rings. The Bertz CT molecular complexity index is 1050. The maximum Gasteiger partial charge on any atom is 0.323 e. The summed E-state index contributed by atoms with van der Waals surface area (Å²) in [5, 5.41) is 18.7. The van der Waals surface area contributed by atoms with Gasteiger partial charge in [0.15, 0.2) is 11.0 Å². The largest absolute Gasteiger partial charge is 0.336 e. The zero-order valence-corrected chi connectivity index (χ0v) is 15.5. The molecule has 3 amide bonds. The molecule has 1 aliphatic rings. The van der Waals surface area contributed by atoms with E-state index in [9.17, 15) is 14.0 Å². The van der Waals surface area contributed by atoms with E-state index in [1.807, 2.05) is 0 Å². The normalized spacial score (nSPS) is 13.6. The van der Waals surface area contributed by atoms with Gasteiger partial charge >= 0.3 is 6.03 Å². The van der Waals surface area contributed by atoms with Gasteiger partial charge in [-0.2, -0.15) is 4.68 Å². The molecule has 1 saturated heterocycles. The number of carbonyl (C=O) groups is 2. The summed E-state index contributed by atoms with van der Waals surface area (Å²) in [4.78, 5) is 29.9. The van der Waals surface area contributed by atoms with Crippen LogP contribution in [-0.4, -0.2) is 50.2 Å². The van der Waals surface area contributed by atoms with E-state index in [1.165, 1.54) is 39.1 Å². The molecule has 2 aromatic heterocycles. The number of rotatable bonds is 5. The average molecular weight is 402 g/mol. The van der Waals surface area contributed by atoms with Crippen molar-refractivity contribution in [2.75, 3.05) is 23.3 Å². The van der Waals surface area contributed by atoms with E-state index in [4.69, 9.17) is 0 Å². The highest BCUT2D eigenvalue weighted by molar-refractivity contribution is 7.14. The number of hydrogen-bond donors (Lipinski definition) is 2. The highest BCUT2D eigenvalue weighted by Crippen LogP contribution is 2.23. The minimum Gasteiger partial charge on any atom is -0.336 e. The number of urea groups is 1. The Kier molecular flexibility index (Phi) is 4.69. The lowest BCUT2D eigenvalue weighted by atomic mass is 10.2. The fourth-order valence-electron chi connectivity index (χ4n) is 2.73. The van der Waals surface area contributed by atoms with E-state index in [0.29, 0.717) is 35.4 Å².